The van der Waals surface area contributed by atoms with Gasteiger partial charge in [-0.1, -0.05) is 36.4 Å². The number of hydrogen-bond acceptors (Lipinski definition) is 6. The molecule has 0 heterocycles. The molecule has 0 unspecified atom stereocenters. The molecular formula is C19H24N6O4S. The maximum Gasteiger partial charge on any atom is 0.239 e. The topological polar surface area (TPSA) is 180 Å². The Balaban J connectivity index is 1.69. The zero-order chi connectivity index (χ0) is 22.1. The zero-order valence-corrected chi connectivity index (χ0v) is 17.0. The first-order valence-corrected chi connectivity index (χ1v) is 10.6. The first kappa shape index (κ1) is 22.8. The molecule has 0 radical (unpaired) electrons. The van der Waals surface area contributed by atoms with E-state index in [1.165, 1.54) is 0 Å². The zero-order valence-electron chi connectivity index (χ0n) is 16.1. The second kappa shape index (κ2) is 10.4. The van der Waals surface area contributed by atoms with Crippen LogP contribution in [0, 0.1) is 5.41 Å². The van der Waals surface area contributed by atoms with Gasteiger partial charge in [0.25, 0.3) is 0 Å². The molecule has 30 heavy (non-hydrogen) atoms. The summed E-state index contributed by atoms with van der Waals surface area (Å²) >= 11 is 0. The van der Waals surface area contributed by atoms with Crippen molar-refractivity contribution in [1.82, 2.24) is 15.4 Å². The Morgan fingerprint density at radius 2 is 1.43 bits per heavy atom. The molecular weight excluding hydrogens is 408 g/mol. The summed E-state index contributed by atoms with van der Waals surface area (Å²) in [7, 11) is -3.71. The monoisotopic (exact) mass is 432 g/mol. The van der Waals surface area contributed by atoms with E-state index in [4.69, 9.17) is 16.9 Å². The van der Waals surface area contributed by atoms with Gasteiger partial charge in [0, 0.05) is 17.8 Å². The molecule has 0 aromatic heterocycles. The number of hydrogen-bond donors (Lipinski definition) is 6. The summed E-state index contributed by atoms with van der Waals surface area (Å²) in [5.41, 5.74) is 13.4. The first-order chi connectivity index (χ1) is 14.1. The number of nitrogens with one attached hydrogen (secondary N) is 4. The lowest BCUT2D eigenvalue weighted by atomic mass is 10.1. The summed E-state index contributed by atoms with van der Waals surface area (Å²) in [5.74, 6) is -1.39. The maximum absolute atomic E-state index is 12.0. The third kappa shape index (κ3) is 7.89. The quantitative estimate of drug-likeness (QED) is 0.166. The molecule has 2 amide bonds. The van der Waals surface area contributed by atoms with Crippen LogP contribution in [-0.4, -0.2) is 39.2 Å². The van der Waals surface area contributed by atoms with Crippen molar-refractivity contribution in [3.63, 3.8) is 0 Å². The Morgan fingerprint density at radius 1 is 0.867 bits per heavy atom. The standard InChI is InChI=1S/C19H24N6O4S/c20-16-7-3-14(4-8-16)12-30(28,29)25-11-18(27)24-10-17(26)23-9-13-1-5-15(6-2-13)19(21)22/h1-8,25H,9-12,20H2,(H3,21,22)(H,23,26)(H,24,27). The highest BCUT2D eigenvalue weighted by atomic mass is 32.2. The molecule has 160 valence electrons. The minimum absolute atomic E-state index is 0.0441. The van der Waals surface area contributed by atoms with E-state index in [9.17, 15) is 18.0 Å². The summed E-state index contributed by atoms with van der Waals surface area (Å²) < 4.78 is 26.2. The van der Waals surface area contributed by atoms with Gasteiger partial charge in [0.1, 0.15) is 5.84 Å². The molecule has 0 aliphatic rings. The minimum atomic E-state index is -3.71. The Morgan fingerprint density at radius 3 is 2.03 bits per heavy atom. The normalized spacial score (nSPS) is 10.9. The van der Waals surface area contributed by atoms with E-state index in [1.807, 2.05) is 0 Å². The average Bonchev–Trinajstić information content (AvgIpc) is 2.71. The smallest absolute Gasteiger partial charge is 0.239 e. The van der Waals surface area contributed by atoms with Crippen LogP contribution in [0.4, 0.5) is 5.69 Å². The van der Waals surface area contributed by atoms with Gasteiger partial charge in [0.05, 0.1) is 18.8 Å². The SMILES string of the molecule is N=C(N)c1ccc(CNC(=O)CNC(=O)CNS(=O)(=O)Cc2ccc(N)cc2)cc1. The van der Waals surface area contributed by atoms with Crippen molar-refractivity contribution < 1.29 is 18.0 Å². The number of nitrogens with two attached hydrogens (primary N) is 2. The van der Waals surface area contributed by atoms with Crippen LogP contribution in [0.2, 0.25) is 0 Å². The molecule has 11 heteroatoms. The average molecular weight is 433 g/mol. The number of carbonyl (C=O) groups excluding carboxylic acids is 2. The van der Waals surface area contributed by atoms with Gasteiger partial charge in [0.15, 0.2) is 0 Å². The third-order valence-electron chi connectivity index (χ3n) is 3.99. The molecule has 0 atom stereocenters. The molecule has 0 aliphatic carbocycles. The molecule has 0 saturated heterocycles. The molecule has 0 fully saturated rings. The Kier molecular flexibility index (Phi) is 7.90. The summed E-state index contributed by atoms with van der Waals surface area (Å²) in [6.45, 7) is -0.526. The molecule has 0 aliphatic heterocycles. The number of amidine groups is 1. The van der Waals surface area contributed by atoms with Crippen LogP contribution in [0.15, 0.2) is 48.5 Å². The summed E-state index contributed by atoms with van der Waals surface area (Å²) in [5, 5.41) is 12.3. The van der Waals surface area contributed by atoms with Gasteiger partial charge in [0.2, 0.25) is 21.8 Å². The van der Waals surface area contributed by atoms with Crippen molar-refractivity contribution in [1.29, 1.82) is 5.41 Å². The Hall–Kier alpha value is -3.44. The van der Waals surface area contributed by atoms with Gasteiger partial charge in [-0.2, -0.15) is 0 Å². The fourth-order valence-electron chi connectivity index (χ4n) is 2.37. The number of anilines is 1. The van der Waals surface area contributed by atoms with Crippen LogP contribution < -0.4 is 26.8 Å². The molecule has 2 aromatic carbocycles. The largest absolute Gasteiger partial charge is 0.399 e. The number of benzene rings is 2. The van der Waals surface area contributed by atoms with Crippen molar-refractivity contribution >= 4 is 33.4 Å². The summed E-state index contributed by atoms with van der Waals surface area (Å²) in [4.78, 5) is 23.6. The molecule has 8 N–H and O–H groups in total. The molecule has 0 saturated carbocycles. The highest BCUT2D eigenvalue weighted by Gasteiger charge is 2.14. The van der Waals surface area contributed by atoms with Gasteiger partial charge in [-0.25, -0.2) is 13.1 Å². The van der Waals surface area contributed by atoms with Gasteiger partial charge >= 0.3 is 0 Å². The van der Waals surface area contributed by atoms with Crippen molar-refractivity contribution in [2.75, 3.05) is 18.8 Å². The van der Waals surface area contributed by atoms with Crippen LogP contribution in [0.3, 0.4) is 0 Å². The van der Waals surface area contributed by atoms with Gasteiger partial charge in [-0.15, -0.1) is 0 Å². The number of carbonyl (C=O) groups is 2. The fourth-order valence-corrected chi connectivity index (χ4v) is 3.45. The molecule has 10 nitrogen and oxygen atoms in total. The molecule has 0 spiro atoms. The lowest BCUT2D eigenvalue weighted by Crippen LogP contribution is -2.42. The van der Waals surface area contributed by atoms with Crippen LogP contribution in [-0.2, 0) is 31.9 Å². The molecule has 0 bridgehead atoms. The summed E-state index contributed by atoms with van der Waals surface area (Å²) in [6, 6.07) is 13.2. The number of rotatable bonds is 10. The lowest BCUT2D eigenvalue weighted by molar-refractivity contribution is -0.125. The highest BCUT2D eigenvalue weighted by molar-refractivity contribution is 7.88. The molecule has 2 aromatic rings. The van der Waals surface area contributed by atoms with Crippen LogP contribution >= 0.6 is 0 Å². The van der Waals surface area contributed by atoms with Crippen molar-refractivity contribution in [3.8, 4) is 0 Å². The lowest BCUT2D eigenvalue weighted by Gasteiger charge is -2.09. The Labute approximate surface area is 174 Å². The van der Waals surface area contributed by atoms with Crippen LogP contribution in [0.1, 0.15) is 16.7 Å². The van der Waals surface area contributed by atoms with E-state index in [2.05, 4.69) is 15.4 Å². The van der Waals surface area contributed by atoms with Crippen molar-refractivity contribution in [2.45, 2.75) is 12.3 Å². The summed E-state index contributed by atoms with van der Waals surface area (Å²) in [6.07, 6.45) is 0. The number of amides is 2. The second-order valence-corrected chi connectivity index (χ2v) is 8.29. The van der Waals surface area contributed by atoms with Crippen molar-refractivity contribution in [3.05, 3.63) is 65.2 Å². The van der Waals surface area contributed by atoms with E-state index in [0.29, 0.717) is 16.8 Å². The third-order valence-corrected chi connectivity index (χ3v) is 5.29. The van der Waals surface area contributed by atoms with E-state index in [-0.39, 0.29) is 24.7 Å². The fraction of sp³-hybridized carbons (Fsp3) is 0.211. The van der Waals surface area contributed by atoms with Gasteiger partial charge in [-0.05, 0) is 23.3 Å². The Bertz CT molecular complexity index is 1000. The van der Waals surface area contributed by atoms with E-state index >= 15 is 0 Å². The molecule has 2 rings (SSSR count). The van der Waals surface area contributed by atoms with Crippen molar-refractivity contribution in [2.24, 2.45) is 5.73 Å². The highest BCUT2D eigenvalue weighted by Crippen LogP contribution is 2.08. The van der Waals surface area contributed by atoms with E-state index < -0.39 is 28.4 Å². The van der Waals surface area contributed by atoms with E-state index in [0.717, 1.165) is 5.56 Å². The second-order valence-electron chi connectivity index (χ2n) is 6.49. The van der Waals surface area contributed by atoms with Crippen LogP contribution in [0.25, 0.3) is 0 Å². The van der Waals surface area contributed by atoms with Gasteiger partial charge in [-0.3, -0.25) is 15.0 Å². The number of nitrogen functional groups attached to an aromatic ring is 2. The number of sulfonamides is 1. The maximum atomic E-state index is 12.0. The van der Waals surface area contributed by atoms with E-state index in [1.54, 1.807) is 48.5 Å². The first-order valence-electron chi connectivity index (χ1n) is 8.93. The predicted molar refractivity (Wildman–Crippen MR) is 114 cm³/mol. The predicted octanol–water partition coefficient (Wildman–Crippen LogP) is -0.595. The van der Waals surface area contributed by atoms with Crippen LogP contribution in [0.5, 0.6) is 0 Å². The van der Waals surface area contributed by atoms with Gasteiger partial charge < -0.3 is 22.1 Å². The minimum Gasteiger partial charge on any atom is -0.399 e.